The second-order valence-electron chi connectivity index (χ2n) is 10.9. The van der Waals surface area contributed by atoms with E-state index in [4.69, 9.17) is 18.9 Å². The fourth-order valence-corrected chi connectivity index (χ4v) is 4.89. The number of ether oxygens (including phenoxy) is 4. The lowest BCUT2D eigenvalue weighted by atomic mass is 9.87. The first kappa shape index (κ1) is 32.1. The van der Waals surface area contributed by atoms with Gasteiger partial charge in [0.25, 0.3) is 15.9 Å². The van der Waals surface area contributed by atoms with Gasteiger partial charge in [-0.15, -0.1) is 0 Å². The van der Waals surface area contributed by atoms with Gasteiger partial charge in [0, 0.05) is 12.4 Å². The summed E-state index contributed by atoms with van der Waals surface area (Å²) >= 11 is 0. The van der Waals surface area contributed by atoms with E-state index in [1.54, 1.807) is 56.3 Å². The van der Waals surface area contributed by atoms with Gasteiger partial charge in [-0.1, -0.05) is 45.0 Å². The van der Waals surface area contributed by atoms with E-state index >= 15 is 0 Å². The van der Waals surface area contributed by atoms with Gasteiger partial charge in [-0.25, -0.2) is 23.4 Å². The van der Waals surface area contributed by atoms with Gasteiger partial charge in [-0.2, -0.15) is 4.98 Å². The molecule has 2 aromatic heterocycles. The van der Waals surface area contributed by atoms with Gasteiger partial charge in [0.1, 0.15) is 6.61 Å². The molecule has 0 aliphatic carbocycles. The number of carbonyl (C=O) groups excluding carboxylic acids is 1. The van der Waals surface area contributed by atoms with Crippen molar-refractivity contribution in [3.05, 3.63) is 72.6 Å². The number of anilines is 1. The number of benzene rings is 2. The summed E-state index contributed by atoms with van der Waals surface area (Å²) in [6.45, 7) is 9.44. The lowest BCUT2D eigenvalue weighted by Gasteiger charge is -2.20. The molecule has 0 radical (unpaired) electrons. The number of nitrogens with zero attached hydrogens (tertiary/aromatic N) is 4. The number of methoxy groups -OCH3 is 1. The molecule has 0 unspecified atom stereocenters. The Hall–Kier alpha value is -4.78. The van der Waals surface area contributed by atoms with Crippen molar-refractivity contribution in [1.29, 1.82) is 0 Å². The Morgan fingerprint density at radius 2 is 1.57 bits per heavy atom. The van der Waals surface area contributed by atoms with E-state index in [0.29, 0.717) is 5.75 Å². The second-order valence-corrected chi connectivity index (χ2v) is 12.6. The van der Waals surface area contributed by atoms with E-state index in [2.05, 4.69) is 24.7 Å². The van der Waals surface area contributed by atoms with E-state index in [0.717, 1.165) is 5.56 Å². The summed E-state index contributed by atoms with van der Waals surface area (Å²) < 4.78 is 52.5. The third-order valence-electron chi connectivity index (χ3n) is 6.06. The molecule has 232 valence electrons. The van der Waals surface area contributed by atoms with E-state index in [9.17, 15) is 13.2 Å². The van der Waals surface area contributed by atoms with Crippen molar-refractivity contribution in [2.24, 2.45) is 0 Å². The molecule has 13 heteroatoms. The van der Waals surface area contributed by atoms with Crippen LogP contribution in [0.5, 0.6) is 23.1 Å². The van der Waals surface area contributed by atoms with Gasteiger partial charge in [-0.3, -0.25) is 9.52 Å². The molecule has 0 bridgehead atoms. The predicted octanol–water partition coefficient (Wildman–Crippen LogP) is 5.55. The zero-order valence-corrected chi connectivity index (χ0v) is 26.2. The Morgan fingerprint density at radius 3 is 2.18 bits per heavy atom. The van der Waals surface area contributed by atoms with E-state index in [1.807, 2.05) is 20.8 Å². The number of sulfonamides is 1. The van der Waals surface area contributed by atoms with Gasteiger partial charge in [-0.05, 0) is 55.2 Å². The van der Waals surface area contributed by atoms with Crippen LogP contribution in [0.3, 0.4) is 0 Å². The maximum absolute atomic E-state index is 13.7. The van der Waals surface area contributed by atoms with E-state index in [-0.39, 0.29) is 64.3 Å². The second kappa shape index (κ2) is 13.7. The fraction of sp³-hybridized carbons (Fsp3) is 0.323. The molecule has 0 amide bonds. The summed E-state index contributed by atoms with van der Waals surface area (Å²) in [4.78, 5) is 29.5. The lowest BCUT2D eigenvalue weighted by molar-refractivity contribution is -0.147. The molecule has 0 saturated carbocycles. The predicted molar refractivity (Wildman–Crippen MR) is 163 cm³/mol. The number of para-hydroxylation sites is 2. The summed E-state index contributed by atoms with van der Waals surface area (Å²) in [5.41, 5.74) is 0.796. The molecule has 12 nitrogen and oxygen atoms in total. The average molecular weight is 622 g/mol. The fourth-order valence-electron chi connectivity index (χ4n) is 3.89. The molecule has 1 N–H and O–H groups in total. The van der Waals surface area contributed by atoms with Crippen molar-refractivity contribution in [2.75, 3.05) is 18.4 Å². The summed E-state index contributed by atoms with van der Waals surface area (Å²) in [7, 11) is -2.72. The number of hydrogen-bond donors (Lipinski definition) is 1. The topological polar surface area (TPSA) is 152 Å². The van der Waals surface area contributed by atoms with Crippen LogP contribution < -0.4 is 18.9 Å². The molecule has 0 aliphatic rings. The molecule has 4 aromatic rings. The van der Waals surface area contributed by atoms with Crippen LogP contribution in [-0.2, 0) is 25.0 Å². The largest absolute Gasteiger partial charge is 0.493 e. The number of rotatable bonds is 12. The third-order valence-corrected chi connectivity index (χ3v) is 7.41. The molecule has 2 heterocycles. The number of hydrogen-bond acceptors (Lipinski definition) is 11. The highest BCUT2D eigenvalue weighted by molar-refractivity contribution is 7.92. The van der Waals surface area contributed by atoms with Crippen LogP contribution in [0.25, 0.3) is 11.6 Å². The van der Waals surface area contributed by atoms with Crippen molar-refractivity contribution < 1.29 is 32.2 Å². The number of carbonyl (C=O) groups is 1. The lowest BCUT2D eigenvalue weighted by Crippen LogP contribution is -2.18. The van der Waals surface area contributed by atoms with Crippen LogP contribution >= 0.6 is 0 Å². The van der Waals surface area contributed by atoms with Gasteiger partial charge < -0.3 is 18.9 Å². The first-order valence-corrected chi connectivity index (χ1v) is 15.3. The molecule has 2 aromatic carbocycles. The van der Waals surface area contributed by atoms with Gasteiger partial charge >= 0.3 is 5.97 Å². The van der Waals surface area contributed by atoms with Gasteiger partial charge in [0.2, 0.25) is 11.6 Å². The Bertz CT molecular complexity index is 1690. The third kappa shape index (κ3) is 8.19. The quantitative estimate of drug-likeness (QED) is 0.198. The number of aromatic nitrogens is 4. The highest BCUT2D eigenvalue weighted by Crippen LogP contribution is 2.41. The average Bonchev–Trinajstić information content (AvgIpc) is 2.98. The highest BCUT2D eigenvalue weighted by atomic mass is 32.2. The van der Waals surface area contributed by atoms with Gasteiger partial charge in [0.15, 0.2) is 23.1 Å². The number of nitrogens with one attached hydrogen (secondary N) is 1. The maximum atomic E-state index is 13.7. The van der Waals surface area contributed by atoms with Crippen molar-refractivity contribution in [3.8, 4) is 34.8 Å². The first-order valence-electron chi connectivity index (χ1n) is 13.8. The van der Waals surface area contributed by atoms with Crippen LogP contribution in [0.15, 0.2) is 71.9 Å². The SMILES string of the molecule is COc1ccccc1Oc1c(NS(=O)(=O)c2ccc(C(C)(C)C)cc2)nc(-c2ncccn2)nc1OCCC(=O)OC(C)C. The molecule has 4 rings (SSSR count). The monoisotopic (exact) mass is 621 g/mol. The molecular formula is C31H35N5O7S. The summed E-state index contributed by atoms with van der Waals surface area (Å²) in [6, 6.07) is 14.9. The Balaban J connectivity index is 1.82. The van der Waals surface area contributed by atoms with E-state index < -0.39 is 16.0 Å². The van der Waals surface area contributed by atoms with Crippen molar-refractivity contribution in [3.63, 3.8) is 0 Å². The summed E-state index contributed by atoms with van der Waals surface area (Å²) in [5.74, 6) is -0.385. The maximum Gasteiger partial charge on any atom is 0.309 e. The van der Waals surface area contributed by atoms with Crippen LogP contribution in [-0.4, -0.2) is 54.1 Å². The zero-order valence-electron chi connectivity index (χ0n) is 25.4. The van der Waals surface area contributed by atoms with Gasteiger partial charge in [0.05, 0.1) is 24.5 Å². The first-order chi connectivity index (χ1) is 20.9. The minimum Gasteiger partial charge on any atom is -0.493 e. The Kier molecular flexibility index (Phi) is 9.99. The Morgan fingerprint density at radius 1 is 0.909 bits per heavy atom. The van der Waals surface area contributed by atoms with Crippen LogP contribution in [0.1, 0.15) is 46.6 Å². The molecular weight excluding hydrogens is 586 g/mol. The minimum atomic E-state index is -4.19. The highest BCUT2D eigenvalue weighted by Gasteiger charge is 2.26. The van der Waals surface area contributed by atoms with Crippen LogP contribution in [0.2, 0.25) is 0 Å². The summed E-state index contributed by atoms with van der Waals surface area (Å²) in [5, 5.41) is 0. The molecule has 0 aliphatic heterocycles. The normalized spacial score (nSPS) is 11.6. The van der Waals surface area contributed by atoms with Crippen molar-refractivity contribution in [1.82, 2.24) is 19.9 Å². The summed E-state index contributed by atoms with van der Waals surface area (Å²) in [6.07, 6.45) is 2.59. The van der Waals surface area contributed by atoms with Crippen molar-refractivity contribution in [2.45, 2.75) is 57.5 Å². The standard InChI is InChI=1S/C31H35N5O7S/c1-20(2)42-25(37)16-19-41-30-26(43-24-11-8-7-10-23(24)40-6)27(34-29(35-30)28-32-17-9-18-33-28)36-44(38,39)22-14-12-21(13-15-22)31(3,4)5/h7-15,17-18,20H,16,19H2,1-6H3,(H,34,35,36). The number of esters is 1. The van der Waals surface area contributed by atoms with Crippen LogP contribution in [0, 0.1) is 0 Å². The van der Waals surface area contributed by atoms with Crippen molar-refractivity contribution >= 4 is 21.8 Å². The Labute approximate surface area is 256 Å². The zero-order chi connectivity index (χ0) is 31.9. The minimum absolute atomic E-state index is 0.00349. The molecule has 0 atom stereocenters. The molecule has 0 saturated heterocycles. The molecule has 0 spiro atoms. The smallest absolute Gasteiger partial charge is 0.309 e. The molecule has 44 heavy (non-hydrogen) atoms. The molecule has 0 fully saturated rings. The van der Waals surface area contributed by atoms with Crippen LogP contribution in [0.4, 0.5) is 5.82 Å². The van der Waals surface area contributed by atoms with E-state index in [1.165, 1.54) is 31.6 Å².